The van der Waals surface area contributed by atoms with Gasteiger partial charge in [-0.2, -0.15) is 0 Å². The number of nitrogens with one attached hydrogen (secondary N) is 1. The summed E-state index contributed by atoms with van der Waals surface area (Å²) < 4.78 is 13.9. The Morgan fingerprint density at radius 3 is 2.53 bits per heavy atom. The van der Waals surface area contributed by atoms with E-state index in [-0.39, 0.29) is 5.82 Å². The lowest BCUT2D eigenvalue weighted by Crippen LogP contribution is -2.32. The second-order valence-corrected chi connectivity index (χ2v) is 5.41. The van der Waals surface area contributed by atoms with Crippen LogP contribution in [0.4, 0.5) is 4.39 Å². The molecule has 1 fully saturated rings. The quantitative estimate of drug-likeness (QED) is 0.854. The Morgan fingerprint density at radius 1 is 1.16 bits per heavy atom. The van der Waals surface area contributed by atoms with Gasteiger partial charge in [-0.15, -0.1) is 0 Å². The van der Waals surface area contributed by atoms with Gasteiger partial charge in [0.25, 0.3) is 0 Å². The van der Waals surface area contributed by atoms with Crippen LogP contribution in [0.15, 0.2) is 36.4 Å². The minimum absolute atomic E-state index is 0.122. The van der Waals surface area contributed by atoms with Crippen LogP contribution >= 0.6 is 0 Å². The number of rotatable bonds is 4. The summed E-state index contributed by atoms with van der Waals surface area (Å²) in [6, 6.07) is 11.7. The van der Waals surface area contributed by atoms with Gasteiger partial charge < -0.3 is 5.32 Å². The lowest BCUT2D eigenvalue weighted by molar-refractivity contribution is 0.234. The van der Waals surface area contributed by atoms with Crippen LogP contribution in [0.3, 0.4) is 0 Å². The molecule has 19 heavy (non-hydrogen) atoms. The molecule has 1 saturated carbocycles. The molecule has 2 aromatic rings. The Morgan fingerprint density at radius 2 is 1.89 bits per heavy atom. The van der Waals surface area contributed by atoms with Gasteiger partial charge in [-0.05, 0) is 42.3 Å². The van der Waals surface area contributed by atoms with E-state index in [1.807, 2.05) is 30.3 Å². The van der Waals surface area contributed by atoms with Crippen molar-refractivity contribution in [1.29, 1.82) is 0 Å². The van der Waals surface area contributed by atoms with Crippen molar-refractivity contribution in [3.8, 4) is 0 Å². The number of hydrogen-bond donors (Lipinski definition) is 1. The van der Waals surface area contributed by atoms with Gasteiger partial charge in [-0.1, -0.05) is 43.7 Å². The minimum atomic E-state index is -0.122. The highest BCUT2D eigenvalue weighted by Gasteiger charge is 2.29. The topological polar surface area (TPSA) is 12.0 Å². The van der Waals surface area contributed by atoms with Gasteiger partial charge in [0.15, 0.2) is 0 Å². The summed E-state index contributed by atoms with van der Waals surface area (Å²) >= 11 is 0. The molecule has 1 unspecified atom stereocenters. The van der Waals surface area contributed by atoms with Gasteiger partial charge in [0, 0.05) is 11.4 Å². The molecule has 2 heteroatoms. The van der Waals surface area contributed by atoms with E-state index in [1.165, 1.54) is 24.8 Å². The van der Waals surface area contributed by atoms with Gasteiger partial charge in [0.1, 0.15) is 5.82 Å². The molecule has 1 N–H and O–H groups in total. The van der Waals surface area contributed by atoms with Crippen molar-refractivity contribution < 1.29 is 4.39 Å². The molecule has 1 nitrogen and oxygen atoms in total. The molecule has 1 atom stereocenters. The molecule has 0 aromatic heterocycles. The number of halogens is 1. The van der Waals surface area contributed by atoms with E-state index in [4.69, 9.17) is 0 Å². The first kappa shape index (κ1) is 12.6. The molecule has 0 bridgehead atoms. The van der Waals surface area contributed by atoms with Crippen LogP contribution in [0.25, 0.3) is 10.8 Å². The maximum absolute atomic E-state index is 13.9. The summed E-state index contributed by atoms with van der Waals surface area (Å²) in [7, 11) is 0. The van der Waals surface area contributed by atoms with E-state index in [0.29, 0.717) is 12.0 Å². The normalized spacial score (nSPS) is 17.4. The second-order valence-electron chi connectivity index (χ2n) is 5.41. The minimum Gasteiger partial charge on any atom is -0.310 e. The fourth-order valence-corrected chi connectivity index (χ4v) is 3.08. The molecular formula is C17H20FN. The molecule has 0 heterocycles. The Kier molecular flexibility index (Phi) is 3.52. The summed E-state index contributed by atoms with van der Waals surface area (Å²) in [5, 5.41) is 5.38. The van der Waals surface area contributed by atoms with Gasteiger partial charge >= 0.3 is 0 Å². The van der Waals surface area contributed by atoms with E-state index in [0.717, 1.165) is 17.3 Å². The van der Waals surface area contributed by atoms with Crippen molar-refractivity contribution in [3.63, 3.8) is 0 Å². The van der Waals surface area contributed by atoms with Crippen molar-refractivity contribution in [2.24, 2.45) is 5.92 Å². The Balaban J connectivity index is 2.09. The van der Waals surface area contributed by atoms with Gasteiger partial charge in [0.05, 0.1) is 0 Å². The Labute approximate surface area is 113 Å². The van der Waals surface area contributed by atoms with E-state index < -0.39 is 0 Å². The third kappa shape index (κ3) is 2.25. The number of hydrogen-bond acceptors (Lipinski definition) is 1. The Bertz CT molecular complexity index is 574. The predicted molar refractivity (Wildman–Crippen MR) is 77.7 cm³/mol. The van der Waals surface area contributed by atoms with Crippen molar-refractivity contribution in [3.05, 3.63) is 47.8 Å². The van der Waals surface area contributed by atoms with Crippen LogP contribution in [0.5, 0.6) is 0 Å². The predicted octanol–water partition coefficient (Wildman–Crippen LogP) is 4.43. The van der Waals surface area contributed by atoms with E-state index in [9.17, 15) is 4.39 Å². The average Bonchev–Trinajstić information content (AvgIpc) is 2.37. The zero-order chi connectivity index (χ0) is 13.2. The maximum atomic E-state index is 13.9. The number of fused-ring (bicyclic) bond motifs is 1. The molecule has 3 rings (SSSR count). The molecule has 1 aliphatic carbocycles. The summed E-state index contributed by atoms with van der Waals surface area (Å²) in [5.41, 5.74) is 1.25. The Hall–Kier alpha value is -1.41. The highest BCUT2D eigenvalue weighted by Crippen LogP contribution is 2.40. The first-order chi connectivity index (χ1) is 9.31. The third-order valence-electron chi connectivity index (χ3n) is 4.28. The zero-order valence-electron chi connectivity index (χ0n) is 11.3. The molecule has 100 valence electrons. The van der Waals surface area contributed by atoms with Gasteiger partial charge in [-0.3, -0.25) is 0 Å². The molecule has 0 aliphatic heterocycles. The summed E-state index contributed by atoms with van der Waals surface area (Å²) in [5.74, 6) is 0.581. The van der Waals surface area contributed by atoms with Crippen LogP contribution < -0.4 is 5.32 Å². The monoisotopic (exact) mass is 257 g/mol. The fourth-order valence-electron chi connectivity index (χ4n) is 3.08. The molecule has 0 amide bonds. The molecule has 0 spiro atoms. The standard InChI is InChI=1S/C17H20FN/c1-2-19-17(12-6-5-7-12)15-10-11-16(18)14-9-4-3-8-13(14)15/h3-4,8-12,17,19H,2,5-7H2,1H3. The average molecular weight is 257 g/mol. The molecule has 0 radical (unpaired) electrons. The first-order valence-corrected chi connectivity index (χ1v) is 7.21. The van der Waals surface area contributed by atoms with E-state index in [1.54, 1.807) is 6.07 Å². The van der Waals surface area contributed by atoms with Crippen molar-refractivity contribution >= 4 is 10.8 Å². The van der Waals surface area contributed by atoms with Crippen LogP contribution in [-0.4, -0.2) is 6.54 Å². The lowest BCUT2D eigenvalue weighted by Gasteiger charge is -2.35. The van der Waals surface area contributed by atoms with Crippen LogP contribution in [0, 0.1) is 11.7 Å². The third-order valence-corrected chi connectivity index (χ3v) is 4.28. The highest BCUT2D eigenvalue weighted by molar-refractivity contribution is 5.86. The van der Waals surface area contributed by atoms with Crippen LogP contribution in [0.1, 0.15) is 37.8 Å². The van der Waals surface area contributed by atoms with Crippen molar-refractivity contribution in [2.45, 2.75) is 32.2 Å². The highest BCUT2D eigenvalue weighted by atomic mass is 19.1. The summed E-state index contributed by atoms with van der Waals surface area (Å²) in [6.45, 7) is 3.09. The smallest absolute Gasteiger partial charge is 0.131 e. The molecular weight excluding hydrogens is 237 g/mol. The second kappa shape index (κ2) is 5.30. The van der Waals surface area contributed by atoms with Crippen LogP contribution in [-0.2, 0) is 0 Å². The molecule has 1 aliphatic rings. The van der Waals surface area contributed by atoms with Crippen molar-refractivity contribution in [1.82, 2.24) is 5.32 Å². The first-order valence-electron chi connectivity index (χ1n) is 7.21. The summed E-state index contributed by atoms with van der Waals surface area (Å²) in [4.78, 5) is 0. The maximum Gasteiger partial charge on any atom is 0.131 e. The largest absolute Gasteiger partial charge is 0.310 e. The fraction of sp³-hybridized carbons (Fsp3) is 0.412. The van der Waals surface area contributed by atoms with E-state index in [2.05, 4.69) is 12.2 Å². The summed E-state index contributed by atoms with van der Waals surface area (Å²) in [6.07, 6.45) is 3.89. The van der Waals surface area contributed by atoms with Gasteiger partial charge in [-0.25, -0.2) is 4.39 Å². The number of benzene rings is 2. The SMILES string of the molecule is CCNC(c1ccc(F)c2ccccc12)C1CCC1. The molecule has 0 saturated heterocycles. The lowest BCUT2D eigenvalue weighted by atomic mass is 9.76. The van der Waals surface area contributed by atoms with Gasteiger partial charge in [0.2, 0.25) is 0 Å². The zero-order valence-corrected chi connectivity index (χ0v) is 11.3. The molecule has 2 aromatic carbocycles. The van der Waals surface area contributed by atoms with Crippen LogP contribution in [0.2, 0.25) is 0 Å². The van der Waals surface area contributed by atoms with E-state index >= 15 is 0 Å². The van der Waals surface area contributed by atoms with Crippen molar-refractivity contribution in [2.75, 3.05) is 6.54 Å².